The smallest absolute Gasteiger partial charge is 0.253 e. The van der Waals surface area contributed by atoms with Crippen LogP contribution < -0.4 is 5.32 Å². The predicted molar refractivity (Wildman–Crippen MR) is 123 cm³/mol. The van der Waals surface area contributed by atoms with Crippen LogP contribution in [0.3, 0.4) is 0 Å². The molecule has 3 rings (SSSR count). The second kappa shape index (κ2) is 9.03. The quantitative estimate of drug-likeness (QED) is 0.745. The van der Waals surface area contributed by atoms with E-state index in [2.05, 4.69) is 50.4 Å². The highest BCUT2D eigenvalue weighted by atomic mass is 16.2. The van der Waals surface area contributed by atoms with E-state index in [0.29, 0.717) is 12.0 Å². The van der Waals surface area contributed by atoms with Gasteiger partial charge in [-0.25, -0.2) is 0 Å². The lowest BCUT2D eigenvalue weighted by Crippen LogP contribution is -2.38. The molecule has 1 saturated carbocycles. The third-order valence-electron chi connectivity index (χ3n) is 6.18. The Bertz CT molecular complexity index is 879. The molecule has 0 unspecified atom stereocenters. The normalized spacial score (nSPS) is 18.8. The van der Waals surface area contributed by atoms with E-state index in [-0.39, 0.29) is 29.3 Å². The van der Waals surface area contributed by atoms with Gasteiger partial charge in [0.2, 0.25) is 5.91 Å². The summed E-state index contributed by atoms with van der Waals surface area (Å²) in [6.45, 7) is 8.50. The second-order valence-corrected chi connectivity index (χ2v) is 9.41. The maximum absolute atomic E-state index is 13.0. The fraction of sp³-hybridized carbons (Fsp3) is 0.462. The van der Waals surface area contributed by atoms with Crippen molar-refractivity contribution in [3.63, 3.8) is 0 Å². The van der Waals surface area contributed by atoms with Gasteiger partial charge in [0.15, 0.2) is 0 Å². The molecule has 2 atom stereocenters. The van der Waals surface area contributed by atoms with Crippen molar-refractivity contribution in [1.82, 2.24) is 10.2 Å². The molecule has 1 aliphatic rings. The lowest BCUT2D eigenvalue weighted by atomic mass is 9.86. The van der Waals surface area contributed by atoms with Crippen LogP contribution in [0.1, 0.15) is 69.3 Å². The average molecular weight is 407 g/mol. The van der Waals surface area contributed by atoms with Gasteiger partial charge in [-0.15, -0.1) is 0 Å². The van der Waals surface area contributed by atoms with Gasteiger partial charge in [-0.1, -0.05) is 64.1 Å². The minimum atomic E-state index is 0.0390. The summed E-state index contributed by atoms with van der Waals surface area (Å²) in [6.07, 6.45) is 3.18. The van der Waals surface area contributed by atoms with E-state index in [4.69, 9.17) is 0 Å². The summed E-state index contributed by atoms with van der Waals surface area (Å²) >= 11 is 0. The Morgan fingerprint density at radius 1 is 0.967 bits per heavy atom. The van der Waals surface area contributed by atoms with E-state index >= 15 is 0 Å². The fourth-order valence-electron chi connectivity index (χ4n) is 4.11. The zero-order valence-electron chi connectivity index (χ0n) is 18.9. The molecule has 2 amide bonds. The molecule has 30 heavy (non-hydrogen) atoms. The molecule has 1 N–H and O–H groups in total. The lowest BCUT2D eigenvalue weighted by Gasteiger charge is -2.25. The molecule has 160 valence electrons. The molecule has 1 aliphatic carbocycles. The fourth-order valence-corrected chi connectivity index (χ4v) is 4.11. The average Bonchev–Trinajstić information content (AvgIpc) is 3.20. The summed E-state index contributed by atoms with van der Waals surface area (Å²) in [5, 5.41) is 3.05. The largest absolute Gasteiger partial charge is 0.353 e. The minimum Gasteiger partial charge on any atom is -0.353 e. The van der Waals surface area contributed by atoms with Crippen LogP contribution in [-0.2, 0) is 10.2 Å². The van der Waals surface area contributed by atoms with Crippen molar-refractivity contribution in [3.05, 3.63) is 59.7 Å². The van der Waals surface area contributed by atoms with Gasteiger partial charge in [-0.05, 0) is 53.5 Å². The summed E-state index contributed by atoms with van der Waals surface area (Å²) in [4.78, 5) is 26.4. The van der Waals surface area contributed by atoms with Crippen LogP contribution in [0, 0.1) is 0 Å². The number of carbonyl (C=O) groups excluding carboxylic acids is 2. The molecule has 2 aromatic carbocycles. The molecule has 0 radical (unpaired) electrons. The van der Waals surface area contributed by atoms with Crippen molar-refractivity contribution in [1.29, 1.82) is 0 Å². The highest BCUT2D eigenvalue weighted by Crippen LogP contribution is 2.28. The van der Waals surface area contributed by atoms with E-state index in [1.165, 1.54) is 5.56 Å². The number of benzene rings is 2. The maximum atomic E-state index is 13.0. The van der Waals surface area contributed by atoms with E-state index < -0.39 is 0 Å². The first kappa shape index (κ1) is 22.1. The van der Waals surface area contributed by atoms with Gasteiger partial charge in [-0.2, -0.15) is 0 Å². The molecule has 0 heterocycles. The zero-order chi connectivity index (χ0) is 21.9. The van der Waals surface area contributed by atoms with E-state index in [1.54, 1.807) is 0 Å². The van der Waals surface area contributed by atoms with E-state index in [1.807, 2.05) is 43.1 Å². The van der Waals surface area contributed by atoms with Gasteiger partial charge in [-0.3, -0.25) is 9.59 Å². The van der Waals surface area contributed by atoms with Crippen LogP contribution >= 0.6 is 0 Å². The molecule has 0 aromatic heterocycles. The van der Waals surface area contributed by atoms with E-state index in [0.717, 1.165) is 30.4 Å². The lowest BCUT2D eigenvalue weighted by molar-refractivity contribution is -0.121. The Kier molecular flexibility index (Phi) is 6.64. The zero-order valence-corrected chi connectivity index (χ0v) is 18.9. The first-order chi connectivity index (χ1) is 14.2. The first-order valence-corrected chi connectivity index (χ1v) is 11.0. The Morgan fingerprint density at radius 3 is 2.07 bits per heavy atom. The first-order valence-electron chi connectivity index (χ1n) is 11.0. The van der Waals surface area contributed by atoms with Crippen LogP contribution in [0.2, 0.25) is 0 Å². The van der Waals surface area contributed by atoms with Crippen LogP contribution in [0.4, 0.5) is 0 Å². The SMILES string of the molecule is CCC(=O)N[C@H]1CC[C@@H](N(C)C(=O)c2ccc(-c3ccc(C(C)(C)C)cc3)cc2)C1. The van der Waals surface area contributed by atoms with Gasteiger partial charge in [0, 0.05) is 31.1 Å². The number of rotatable bonds is 5. The summed E-state index contributed by atoms with van der Waals surface area (Å²) < 4.78 is 0. The molecule has 1 fully saturated rings. The van der Waals surface area contributed by atoms with Gasteiger partial charge in [0.1, 0.15) is 0 Å². The van der Waals surface area contributed by atoms with Crippen molar-refractivity contribution < 1.29 is 9.59 Å². The summed E-state index contributed by atoms with van der Waals surface area (Å²) in [7, 11) is 1.87. The Morgan fingerprint density at radius 2 is 1.53 bits per heavy atom. The monoisotopic (exact) mass is 406 g/mol. The molecule has 0 aliphatic heterocycles. The Balaban J connectivity index is 1.64. The van der Waals surface area contributed by atoms with Crippen molar-refractivity contribution >= 4 is 11.8 Å². The Labute approximate surface area is 180 Å². The number of carbonyl (C=O) groups is 2. The highest BCUT2D eigenvalue weighted by Gasteiger charge is 2.30. The van der Waals surface area contributed by atoms with Crippen LogP contribution in [0.15, 0.2) is 48.5 Å². The van der Waals surface area contributed by atoms with Crippen molar-refractivity contribution in [2.24, 2.45) is 0 Å². The van der Waals surface area contributed by atoms with Gasteiger partial charge >= 0.3 is 0 Å². The predicted octanol–water partition coefficient (Wildman–Crippen LogP) is 5.17. The number of amides is 2. The molecule has 0 saturated heterocycles. The molecular formula is C26H34N2O2. The molecular weight excluding hydrogens is 372 g/mol. The van der Waals surface area contributed by atoms with Gasteiger partial charge in [0.05, 0.1) is 0 Å². The topological polar surface area (TPSA) is 49.4 Å². The molecule has 0 bridgehead atoms. The highest BCUT2D eigenvalue weighted by molar-refractivity contribution is 5.94. The summed E-state index contributed by atoms with van der Waals surface area (Å²) in [6, 6.07) is 16.9. The standard InChI is InChI=1S/C26H34N2O2/c1-6-24(29)27-22-15-16-23(17-22)28(5)25(30)20-9-7-18(8-10-20)19-11-13-21(14-12-19)26(2,3)4/h7-14,22-23H,6,15-17H2,1-5H3,(H,27,29)/t22-,23+/m0/s1. The van der Waals surface area contributed by atoms with E-state index in [9.17, 15) is 9.59 Å². The van der Waals surface area contributed by atoms with Crippen molar-refractivity contribution in [2.75, 3.05) is 7.05 Å². The molecule has 4 heteroatoms. The van der Waals surface area contributed by atoms with Crippen LogP contribution in [0.25, 0.3) is 11.1 Å². The molecule has 2 aromatic rings. The third-order valence-corrected chi connectivity index (χ3v) is 6.18. The minimum absolute atomic E-state index is 0.0390. The van der Waals surface area contributed by atoms with Crippen LogP contribution in [-0.4, -0.2) is 35.8 Å². The number of nitrogens with zero attached hydrogens (tertiary/aromatic N) is 1. The summed E-state index contributed by atoms with van der Waals surface area (Å²) in [5.74, 6) is 0.123. The molecule has 4 nitrogen and oxygen atoms in total. The Hall–Kier alpha value is -2.62. The summed E-state index contributed by atoms with van der Waals surface area (Å²) in [5.41, 5.74) is 4.41. The van der Waals surface area contributed by atoms with Crippen molar-refractivity contribution in [3.8, 4) is 11.1 Å². The number of nitrogens with one attached hydrogen (secondary N) is 1. The maximum Gasteiger partial charge on any atom is 0.253 e. The van der Waals surface area contributed by atoms with Gasteiger partial charge < -0.3 is 10.2 Å². The van der Waals surface area contributed by atoms with Crippen molar-refractivity contribution in [2.45, 2.75) is 70.9 Å². The van der Waals surface area contributed by atoms with Gasteiger partial charge in [0.25, 0.3) is 5.91 Å². The van der Waals surface area contributed by atoms with Crippen LogP contribution in [0.5, 0.6) is 0 Å². The number of hydrogen-bond donors (Lipinski definition) is 1. The molecule has 0 spiro atoms. The third kappa shape index (κ3) is 5.10. The second-order valence-electron chi connectivity index (χ2n) is 9.41. The number of hydrogen-bond acceptors (Lipinski definition) is 2.